The van der Waals surface area contributed by atoms with E-state index in [-0.39, 0.29) is 34.5 Å². The van der Waals surface area contributed by atoms with Crippen molar-refractivity contribution < 1.29 is 27.4 Å². The number of carbonyl (C=O) groups is 1. The number of nitrogens with zero attached hydrogens (tertiary/aromatic N) is 1. The predicted molar refractivity (Wildman–Crippen MR) is 71.9 cm³/mol. The highest BCUT2D eigenvalue weighted by Gasteiger charge is 2.32. The quantitative estimate of drug-likeness (QED) is 0.602. The molecule has 0 atom stereocenters. The fourth-order valence-electron chi connectivity index (χ4n) is 1.40. The molecule has 0 aliphatic carbocycles. The average molecular weight is 404 g/mol. The minimum atomic E-state index is -4.83. The van der Waals surface area contributed by atoms with Crippen molar-refractivity contribution >= 4 is 28.6 Å². The summed E-state index contributed by atoms with van der Waals surface area (Å²) in [4.78, 5) is 15.4. The number of carbonyl (C=O) groups excluding carboxylic acids is 1. The van der Waals surface area contributed by atoms with Crippen LogP contribution in [0.5, 0.6) is 5.75 Å². The highest BCUT2D eigenvalue weighted by atomic mass is 127. The number of pyridine rings is 1. The fourth-order valence-corrected chi connectivity index (χ4v) is 2.00. The van der Waals surface area contributed by atoms with Crippen molar-refractivity contribution in [3.05, 3.63) is 21.0 Å². The molecule has 1 rings (SSSR count). The first-order valence-corrected chi connectivity index (χ1v) is 6.64. The Labute approximate surface area is 126 Å². The fraction of sp³-hybridized carbons (Fsp3) is 0.455. The molecule has 1 heterocycles. The first-order chi connectivity index (χ1) is 9.26. The second-order valence-corrected chi connectivity index (χ2v) is 4.68. The Kier molecular flexibility index (Phi) is 5.99. The molecule has 5 nitrogen and oxygen atoms in total. The van der Waals surface area contributed by atoms with Gasteiger partial charge in [0.05, 0.1) is 28.0 Å². The number of halogens is 4. The van der Waals surface area contributed by atoms with Crippen LogP contribution in [0.4, 0.5) is 13.2 Å². The molecule has 20 heavy (non-hydrogen) atoms. The Bertz CT molecular complexity index is 495. The molecule has 0 spiro atoms. The number of nitrogens with two attached hydrogens (primary N) is 1. The van der Waals surface area contributed by atoms with Gasteiger partial charge in [0.15, 0.2) is 0 Å². The van der Waals surface area contributed by atoms with Crippen LogP contribution in [0, 0.1) is 3.57 Å². The van der Waals surface area contributed by atoms with Gasteiger partial charge in [0.25, 0.3) is 0 Å². The topological polar surface area (TPSA) is 74.4 Å². The summed E-state index contributed by atoms with van der Waals surface area (Å²) in [5.41, 5.74) is 5.76. The number of esters is 1. The number of aromatic nitrogens is 1. The molecule has 0 amide bonds. The van der Waals surface area contributed by atoms with Crippen LogP contribution in [0.25, 0.3) is 0 Å². The van der Waals surface area contributed by atoms with Gasteiger partial charge in [-0.3, -0.25) is 9.78 Å². The molecule has 0 aliphatic rings. The van der Waals surface area contributed by atoms with Crippen molar-refractivity contribution in [3.8, 4) is 5.75 Å². The van der Waals surface area contributed by atoms with E-state index in [4.69, 9.17) is 10.5 Å². The van der Waals surface area contributed by atoms with Crippen LogP contribution in [0.2, 0.25) is 0 Å². The Morgan fingerprint density at radius 1 is 1.50 bits per heavy atom. The van der Waals surface area contributed by atoms with Gasteiger partial charge in [0, 0.05) is 12.6 Å². The number of rotatable bonds is 5. The monoisotopic (exact) mass is 404 g/mol. The molecule has 0 radical (unpaired) electrons. The molecule has 0 unspecified atom stereocenters. The zero-order valence-electron chi connectivity index (χ0n) is 10.5. The van der Waals surface area contributed by atoms with Crippen LogP contribution in [0.1, 0.15) is 18.3 Å². The lowest BCUT2D eigenvalue weighted by Gasteiger charge is -2.14. The van der Waals surface area contributed by atoms with E-state index in [0.29, 0.717) is 0 Å². The average Bonchev–Trinajstić information content (AvgIpc) is 2.31. The van der Waals surface area contributed by atoms with Crippen LogP contribution < -0.4 is 10.5 Å². The summed E-state index contributed by atoms with van der Waals surface area (Å²) in [5, 5.41) is 0. The SMILES string of the molecule is CCOC(=O)Cc1cc(OC(F)(F)F)c(I)c(CN)n1. The van der Waals surface area contributed by atoms with Crippen LogP contribution in [-0.4, -0.2) is 23.9 Å². The van der Waals surface area contributed by atoms with Gasteiger partial charge in [0.1, 0.15) is 5.75 Å². The van der Waals surface area contributed by atoms with Crippen molar-refractivity contribution in [1.82, 2.24) is 4.98 Å². The molecule has 1 aromatic heterocycles. The second kappa shape index (κ2) is 7.07. The van der Waals surface area contributed by atoms with E-state index in [1.54, 1.807) is 29.5 Å². The van der Waals surface area contributed by atoms with Gasteiger partial charge in [-0.1, -0.05) is 0 Å². The maximum atomic E-state index is 12.3. The molecule has 0 fully saturated rings. The molecule has 0 aromatic carbocycles. The van der Waals surface area contributed by atoms with Gasteiger partial charge in [-0.15, -0.1) is 13.2 Å². The van der Waals surface area contributed by atoms with Crippen molar-refractivity contribution in [3.63, 3.8) is 0 Å². The lowest BCUT2D eigenvalue weighted by atomic mass is 10.2. The summed E-state index contributed by atoms with van der Waals surface area (Å²) in [6, 6.07) is 1.06. The lowest BCUT2D eigenvalue weighted by Crippen LogP contribution is -2.20. The normalized spacial score (nSPS) is 11.3. The summed E-state index contributed by atoms with van der Waals surface area (Å²) < 4.78 is 45.7. The molecule has 0 saturated carbocycles. The number of hydrogen-bond donors (Lipinski definition) is 1. The predicted octanol–water partition coefficient (Wildman–Crippen LogP) is 2.15. The smallest absolute Gasteiger partial charge is 0.466 e. The summed E-state index contributed by atoms with van der Waals surface area (Å²) in [6.45, 7) is 1.74. The van der Waals surface area contributed by atoms with E-state index < -0.39 is 18.1 Å². The highest BCUT2D eigenvalue weighted by molar-refractivity contribution is 14.1. The number of hydrogen-bond acceptors (Lipinski definition) is 5. The maximum absolute atomic E-state index is 12.3. The molecule has 2 N–H and O–H groups in total. The van der Waals surface area contributed by atoms with E-state index in [9.17, 15) is 18.0 Å². The Balaban J connectivity index is 3.08. The molecular weight excluding hydrogens is 392 g/mol. The molecule has 0 aliphatic heterocycles. The summed E-state index contributed by atoms with van der Waals surface area (Å²) in [6.07, 6.45) is -5.07. The van der Waals surface area contributed by atoms with Crippen molar-refractivity contribution in [2.24, 2.45) is 5.73 Å². The summed E-state index contributed by atoms with van der Waals surface area (Å²) >= 11 is 1.66. The van der Waals surface area contributed by atoms with Gasteiger partial charge in [0.2, 0.25) is 0 Å². The molecule has 0 saturated heterocycles. The molecular formula is C11H12F3IN2O3. The van der Waals surface area contributed by atoms with Crippen LogP contribution in [0.3, 0.4) is 0 Å². The summed E-state index contributed by atoms with van der Waals surface area (Å²) in [5.74, 6) is -1.00. The van der Waals surface area contributed by atoms with E-state index in [0.717, 1.165) is 6.07 Å². The van der Waals surface area contributed by atoms with Crippen molar-refractivity contribution in [2.45, 2.75) is 26.3 Å². The Morgan fingerprint density at radius 3 is 2.65 bits per heavy atom. The highest BCUT2D eigenvalue weighted by Crippen LogP contribution is 2.30. The van der Waals surface area contributed by atoms with Crippen LogP contribution >= 0.6 is 22.6 Å². The van der Waals surface area contributed by atoms with E-state index >= 15 is 0 Å². The number of ether oxygens (including phenoxy) is 2. The minimum absolute atomic E-state index is 0.0663. The van der Waals surface area contributed by atoms with Crippen molar-refractivity contribution in [2.75, 3.05) is 6.61 Å². The largest absolute Gasteiger partial charge is 0.573 e. The maximum Gasteiger partial charge on any atom is 0.573 e. The van der Waals surface area contributed by atoms with Crippen LogP contribution in [0.15, 0.2) is 6.07 Å². The third kappa shape index (κ3) is 5.12. The Hall–Kier alpha value is -1.10. The zero-order valence-corrected chi connectivity index (χ0v) is 12.6. The third-order valence-corrected chi connectivity index (χ3v) is 3.25. The van der Waals surface area contributed by atoms with E-state index in [1.165, 1.54) is 0 Å². The van der Waals surface area contributed by atoms with Gasteiger partial charge in [-0.2, -0.15) is 0 Å². The van der Waals surface area contributed by atoms with Gasteiger partial charge >= 0.3 is 12.3 Å². The number of alkyl halides is 3. The van der Waals surface area contributed by atoms with Gasteiger partial charge in [-0.25, -0.2) is 0 Å². The summed E-state index contributed by atoms with van der Waals surface area (Å²) in [7, 11) is 0. The Morgan fingerprint density at radius 2 is 2.15 bits per heavy atom. The van der Waals surface area contributed by atoms with Gasteiger partial charge < -0.3 is 15.2 Å². The van der Waals surface area contributed by atoms with Gasteiger partial charge in [-0.05, 0) is 29.5 Å². The van der Waals surface area contributed by atoms with Crippen LogP contribution in [-0.2, 0) is 22.5 Å². The first-order valence-electron chi connectivity index (χ1n) is 5.56. The molecule has 9 heteroatoms. The second-order valence-electron chi connectivity index (χ2n) is 3.61. The minimum Gasteiger partial charge on any atom is -0.466 e. The molecule has 1 aromatic rings. The molecule has 112 valence electrons. The van der Waals surface area contributed by atoms with E-state index in [2.05, 4.69) is 9.72 Å². The van der Waals surface area contributed by atoms with Crippen molar-refractivity contribution in [1.29, 1.82) is 0 Å². The van der Waals surface area contributed by atoms with E-state index in [1.807, 2.05) is 0 Å². The molecule has 0 bridgehead atoms. The third-order valence-electron chi connectivity index (χ3n) is 2.10. The zero-order chi connectivity index (χ0) is 15.3. The standard InChI is InChI=1S/C11H12F3IN2O3/c1-2-19-9(18)4-6-3-8(20-11(12,13)14)10(15)7(5-16)17-6/h3H,2,4-5,16H2,1H3. The first kappa shape index (κ1) is 17.0. The lowest BCUT2D eigenvalue weighted by molar-refractivity contribution is -0.275.